The summed E-state index contributed by atoms with van der Waals surface area (Å²) in [6.07, 6.45) is 2.27. The Bertz CT molecular complexity index is 162. The zero-order chi connectivity index (χ0) is 11.1. The summed E-state index contributed by atoms with van der Waals surface area (Å²) in [4.78, 5) is 13.5. The van der Waals surface area contributed by atoms with E-state index in [0.717, 1.165) is 19.4 Å². The molecule has 0 spiro atoms. The summed E-state index contributed by atoms with van der Waals surface area (Å²) in [5.41, 5.74) is 0. The van der Waals surface area contributed by atoms with Gasteiger partial charge in [0.05, 0.1) is 6.54 Å². The third-order valence-electron chi connectivity index (χ3n) is 2.48. The van der Waals surface area contributed by atoms with Crippen LogP contribution in [0, 0.1) is 5.92 Å². The molecule has 0 N–H and O–H groups in total. The van der Waals surface area contributed by atoms with Crippen LogP contribution in [0.5, 0.6) is 0 Å². The van der Waals surface area contributed by atoms with E-state index in [-0.39, 0.29) is 5.78 Å². The molecule has 2 heteroatoms. The van der Waals surface area contributed by atoms with Gasteiger partial charge in [-0.2, -0.15) is 0 Å². The first-order valence-electron chi connectivity index (χ1n) is 5.74. The smallest absolute Gasteiger partial charge is 0.143 e. The monoisotopic (exact) mass is 199 g/mol. The maximum Gasteiger partial charge on any atom is 0.143 e. The van der Waals surface area contributed by atoms with E-state index in [0.29, 0.717) is 18.5 Å². The lowest BCUT2D eigenvalue weighted by atomic mass is 10.1. The van der Waals surface area contributed by atoms with Gasteiger partial charge in [-0.3, -0.25) is 9.69 Å². The molecule has 0 atom stereocenters. The van der Waals surface area contributed by atoms with E-state index in [2.05, 4.69) is 32.6 Å². The second-order valence-corrected chi connectivity index (χ2v) is 4.50. The summed E-state index contributed by atoms with van der Waals surface area (Å²) in [7, 11) is 0. The molecular weight excluding hydrogens is 174 g/mol. The summed E-state index contributed by atoms with van der Waals surface area (Å²) in [6.45, 7) is 12.1. The molecule has 0 unspecified atom stereocenters. The summed E-state index contributed by atoms with van der Waals surface area (Å²) in [5.74, 6) is 0.910. The molecule has 0 aromatic heterocycles. The van der Waals surface area contributed by atoms with Crippen LogP contribution in [-0.2, 0) is 4.79 Å². The fourth-order valence-electron chi connectivity index (χ4n) is 1.90. The molecule has 0 rings (SSSR count). The van der Waals surface area contributed by atoms with Crippen LogP contribution < -0.4 is 0 Å². The van der Waals surface area contributed by atoms with Crippen LogP contribution in [0.3, 0.4) is 0 Å². The van der Waals surface area contributed by atoms with Crippen molar-refractivity contribution in [1.29, 1.82) is 0 Å². The number of nitrogens with zero attached hydrogens (tertiary/aromatic N) is 1. The minimum atomic E-state index is 0.276. The van der Waals surface area contributed by atoms with Crippen LogP contribution in [0.25, 0.3) is 0 Å². The molecule has 2 nitrogen and oxygen atoms in total. The van der Waals surface area contributed by atoms with Crippen LogP contribution >= 0.6 is 0 Å². The molecule has 84 valence electrons. The second kappa shape index (κ2) is 6.99. The standard InChI is InChI=1S/C12H25NO/c1-6-12(7-2)13(8-10(3)4)9-11(5)14/h10,12H,6-9H2,1-5H3. The first-order valence-corrected chi connectivity index (χ1v) is 5.74. The van der Waals surface area contributed by atoms with Crippen molar-refractivity contribution in [3.63, 3.8) is 0 Å². The Labute approximate surface area is 88.7 Å². The SMILES string of the molecule is CCC(CC)N(CC(C)=O)CC(C)C. The largest absolute Gasteiger partial charge is 0.299 e. The van der Waals surface area contributed by atoms with Gasteiger partial charge in [0, 0.05) is 12.6 Å². The van der Waals surface area contributed by atoms with E-state index < -0.39 is 0 Å². The van der Waals surface area contributed by atoms with Gasteiger partial charge in [0.15, 0.2) is 0 Å². The normalized spacial score (nSPS) is 11.7. The second-order valence-electron chi connectivity index (χ2n) is 4.50. The van der Waals surface area contributed by atoms with E-state index in [1.165, 1.54) is 0 Å². The molecule has 0 aliphatic rings. The minimum Gasteiger partial charge on any atom is -0.299 e. The Morgan fingerprint density at radius 1 is 1.21 bits per heavy atom. The molecule has 0 saturated carbocycles. The molecule has 0 bridgehead atoms. The number of hydrogen-bond acceptors (Lipinski definition) is 2. The highest BCUT2D eigenvalue weighted by atomic mass is 16.1. The van der Waals surface area contributed by atoms with Crippen molar-refractivity contribution >= 4 is 5.78 Å². The van der Waals surface area contributed by atoms with Crippen molar-refractivity contribution in [1.82, 2.24) is 4.90 Å². The molecule has 0 aliphatic carbocycles. The van der Waals surface area contributed by atoms with Crippen LogP contribution in [-0.4, -0.2) is 29.8 Å². The van der Waals surface area contributed by atoms with E-state index in [1.807, 2.05) is 0 Å². The number of carbonyl (C=O) groups is 1. The summed E-state index contributed by atoms with van der Waals surface area (Å²) < 4.78 is 0. The number of hydrogen-bond donors (Lipinski definition) is 0. The lowest BCUT2D eigenvalue weighted by molar-refractivity contribution is -0.118. The van der Waals surface area contributed by atoms with E-state index in [1.54, 1.807) is 6.92 Å². The topological polar surface area (TPSA) is 20.3 Å². The molecule has 0 radical (unpaired) electrons. The van der Waals surface area contributed by atoms with Crippen LogP contribution in [0.15, 0.2) is 0 Å². The maximum atomic E-state index is 11.1. The third kappa shape index (κ3) is 5.38. The molecule has 0 aliphatic heterocycles. The van der Waals surface area contributed by atoms with Crippen molar-refractivity contribution in [2.45, 2.75) is 53.5 Å². The van der Waals surface area contributed by atoms with Crippen LogP contribution in [0.4, 0.5) is 0 Å². The Morgan fingerprint density at radius 2 is 1.71 bits per heavy atom. The third-order valence-corrected chi connectivity index (χ3v) is 2.48. The predicted molar refractivity (Wildman–Crippen MR) is 61.5 cm³/mol. The first-order chi connectivity index (χ1) is 6.51. The number of carbonyl (C=O) groups excluding carboxylic acids is 1. The summed E-state index contributed by atoms with van der Waals surface area (Å²) in [5, 5.41) is 0. The molecule has 0 amide bonds. The zero-order valence-electron chi connectivity index (χ0n) is 10.3. The van der Waals surface area contributed by atoms with Gasteiger partial charge >= 0.3 is 0 Å². The maximum absolute atomic E-state index is 11.1. The number of Topliss-reactive ketones (excluding diaryl/α,β-unsaturated/α-hetero) is 1. The van der Waals surface area contributed by atoms with Gasteiger partial charge in [0.1, 0.15) is 5.78 Å². The molecular formula is C12H25NO. The van der Waals surface area contributed by atoms with Crippen molar-refractivity contribution in [3.8, 4) is 0 Å². The van der Waals surface area contributed by atoms with Gasteiger partial charge in [-0.15, -0.1) is 0 Å². The number of rotatable bonds is 7. The molecule has 14 heavy (non-hydrogen) atoms. The van der Waals surface area contributed by atoms with Gasteiger partial charge in [0.25, 0.3) is 0 Å². The highest BCUT2D eigenvalue weighted by Gasteiger charge is 2.17. The molecule has 0 fully saturated rings. The Kier molecular flexibility index (Phi) is 6.81. The lowest BCUT2D eigenvalue weighted by Crippen LogP contribution is -2.40. The fraction of sp³-hybridized carbons (Fsp3) is 0.917. The molecule has 0 aromatic rings. The first kappa shape index (κ1) is 13.6. The highest BCUT2D eigenvalue weighted by molar-refractivity contribution is 5.77. The summed E-state index contributed by atoms with van der Waals surface area (Å²) in [6, 6.07) is 0.571. The van der Waals surface area contributed by atoms with Gasteiger partial charge < -0.3 is 0 Å². The average Bonchev–Trinajstić information content (AvgIpc) is 2.03. The Balaban J connectivity index is 4.27. The Hall–Kier alpha value is -0.370. The molecule has 0 aromatic carbocycles. The molecule has 0 saturated heterocycles. The van der Waals surface area contributed by atoms with Gasteiger partial charge in [-0.1, -0.05) is 27.7 Å². The average molecular weight is 199 g/mol. The quantitative estimate of drug-likeness (QED) is 0.628. The predicted octanol–water partition coefficient (Wildman–Crippen LogP) is 2.72. The van der Waals surface area contributed by atoms with Crippen LogP contribution in [0.2, 0.25) is 0 Å². The van der Waals surface area contributed by atoms with Crippen molar-refractivity contribution in [2.75, 3.05) is 13.1 Å². The van der Waals surface area contributed by atoms with E-state index in [4.69, 9.17) is 0 Å². The Morgan fingerprint density at radius 3 is 2.00 bits per heavy atom. The van der Waals surface area contributed by atoms with E-state index >= 15 is 0 Å². The fourth-order valence-corrected chi connectivity index (χ4v) is 1.90. The van der Waals surface area contributed by atoms with Crippen LogP contribution in [0.1, 0.15) is 47.5 Å². The highest BCUT2D eigenvalue weighted by Crippen LogP contribution is 2.10. The lowest BCUT2D eigenvalue weighted by Gasteiger charge is -2.30. The van der Waals surface area contributed by atoms with Gasteiger partial charge in [0.2, 0.25) is 0 Å². The zero-order valence-corrected chi connectivity index (χ0v) is 10.3. The minimum absolute atomic E-state index is 0.276. The van der Waals surface area contributed by atoms with Crippen molar-refractivity contribution in [3.05, 3.63) is 0 Å². The van der Waals surface area contributed by atoms with Crippen molar-refractivity contribution in [2.24, 2.45) is 5.92 Å². The van der Waals surface area contributed by atoms with Gasteiger partial charge in [-0.25, -0.2) is 0 Å². The number of ketones is 1. The molecule has 0 heterocycles. The summed E-state index contributed by atoms with van der Waals surface area (Å²) >= 11 is 0. The van der Waals surface area contributed by atoms with Crippen molar-refractivity contribution < 1.29 is 4.79 Å². The van der Waals surface area contributed by atoms with E-state index in [9.17, 15) is 4.79 Å². The van der Waals surface area contributed by atoms with Gasteiger partial charge in [-0.05, 0) is 25.7 Å².